The number of rotatable bonds is 2. The number of carbonyl (C=O) groups excluding carboxylic acids is 1. The zero-order chi connectivity index (χ0) is 12.4. The maximum atomic E-state index is 13.4. The first-order chi connectivity index (χ1) is 8.11. The lowest BCUT2D eigenvalue weighted by molar-refractivity contribution is 0.100. The Labute approximate surface area is 106 Å². The summed E-state index contributed by atoms with van der Waals surface area (Å²) in [5, 5.41) is 0. The number of carbonyl (C=O) groups is 1. The van der Waals surface area contributed by atoms with Crippen molar-refractivity contribution in [3.63, 3.8) is 0 Å². The number of benzene rings is 2. The Morgan fingerprint density at radius 3 is 2.41 bits per heavy atom. The molecule has 2 rings (SSSR count). The third-order valence-corrected chi connectivity index (χ3v) is 3.24. The molecule has 0 unspecified atom stereocenters. The molecule has 86 valence electrons. The molecular formula is C13H9BrFNO. The summed E-state index contributed by atoms with van der Waals surface area (Å²) in [5.74, 6) is -0.904. The highest BCUT2D eigenvalue weighted by atomic mass is 79.9. The minimum atomic E-state index is -0.531. The van der Waals surface area contributed by atoms with E-state index in [1.54, 1.807) is 36.4 Å². The summed E-state index contributed by atoms with van der Waals surface area (Å²) in [6, 6.07) is 11.5. The first-order valence-corrected chi connectivity index (χ1v) is 5.74. The van der Waals surface area contributed by atoms with Crippen LogP contribution in [0.15, 0.2) is 46.9 Å². The predicted octanol–water partition coefficient (Wildman–Crippen LogP) is 3.35. The molecule has 0 aliphatic heterocycles. The first kappa shape index (κ1) is 11.8. The number of hydrogen-bond acceptors (Lipinski definition) is 1. The van der Waals surface area contributed by atoms with Gasteiger partial charge in [-0.2, -0.15) is 0 Å². The molecule has 1 amide bonds. The van der Waals surface area contributed by atoms with Crippen LogP contribution in [0.5, 0.6) is 0 Å². The lowest BCUT2D eigenvalue weighted by Gasteiger charge is -2.09. The van der Waals surface area contributed by atoms with Crippen LogP contribution in [-0.2, 0) is 0 Å². The van der Waals surface area contributed by atoms with Gasteiger partial charge in [-0.3, -0.25) is 4.79 Å². The largest absolute Gasteiger partial charge is 0.366 e. The molecule has 0 spiro atoms. The van der Waals surface area contributed by atoms with Crippen molar-refractivity contribution in [1.29, 1.82) is 0 Å². The van der Waals surface area contributed by atoms with Gasteiger partial charge < -0.3 is 5.73 Å². The average molecular weight is 294 g/mol. The van der Waals surface area contributed by atoms with E-state index < -0.39 is 5.91 Å². The molecule has 0 bridgehead atoms. The smallest absolute Gasteiger partial charge is 0.249 e. The molecule has 2 N–H and O–H groups in total. The van der Waals surface area contributed by atoms with Crippen molar-refractivity contribution in [2.75, 3.05) is 0 Å². The molecular weight excluding hydrogens is 285 g/mol. The fourth-order valence-corrected chi connectivity index (χ4v) is 2.12. The molecule has 0 saturated heterocycles. The first-order valence-electron chi connectivity index (χ1n) is 4.94. The van der Waals surface area contributed by atoms with E-state index in [0.717, 1.165) is 0 Å². The van der Waals surface area contributed by atoms with Crippen molar-refractivity contribution >= 4 is 21.8 Å². The van der Waals surface area contributed by atoms with Crippen molar-refractivity contribution in [3.8, 4) is 11.1 Å². The zero-order valence-electron chi connectivity index (χ0n) is 8.78. The van der Waals surface area contributed by atoms with E-state index in [0.29, 0.717) is 21.2 Å². The molecule has 0 saturated carbocycles. The third kappa shape index (κ3) is 2.22. The maximum absolute atomic E-state index is 13.4. The molecule has 0 atom stereocenters. The third-order valence-electron chi connectivity index (χ3n) is 2.43. The molecule has 0 aliphatic rings. The minimum Gasteiger partial charge on any atom is -0.366 e. The Hall–Kier alpha value is -1.68. The van der Waals surface area contributed by atoms with Crippen molar-refractivity contribution < 1.29 is 9.18 Å². The summed E-state index contributed by atoms with van der Waals surface area (Å²) >= 11 is 3.17. The van der Waals surface area contributed by atoms with Crippen LogP contribution in [-0.4, -0.2) is 5.91 Å². The Morgan fingerprint density at radius 1 is 1.06 bits per heavy atom. The van der Waals surface area contributed by atoms with Crippen LogP contribution < -0.4 is 5.73 Å². The number of halogens is 2. The van der Waals surface area contributed by atoms with Crippen LogP contribution in [0.4, 0.5) is 4.39 Å². The Kier molecular flexibility index (Phi) is 3.24. The molecule has 0 heterocycles. The van der Waals surface area contributed by atoms with Gasteiger partial charge in [0.15, 0.2) is 0 Å². The molecule has 17 heavy (non-hydrogen) atoms. The number of primary amides is 1. The van der Waals surface area contributed by atoms with Gasteiger partial charge in [0.2, 0.25) is 5.91 Å². The maximum Gasteiger partial charge on any atom is 0.249 e. The summed E-state index contributed by atoms with van der Waals surface area (Å²) < 4.78 is 13.8. The van der Waals surface area contributed by atoms with Gasteiger partial charge in [-0.15, -0.1) is 0 Å². The van der Waals surface area contributed by atoms with E-state index in [9.17, 15) is 9.18 Å². The molecule has 0 aromatic heterocycles. The topological polar surface area (TPSA) is 43.1 Å². The van der Waals surface area contributed by atoms with Crippen molar-refractivity contribution in [1.82, 2.24) is 0 Å². The highest BCUT2D eigenvalue weighted by molar-refractivity contribution is 9.10. The second-order valence-corrected chi connectivity index (χ2v) is 4.30. The normalized spacial score (nSPS) is 10.2. The average Bonchev–Trinajstić information content (AvgIpc) is 2.33. The standard InChI is InChI=1S/C13H9BrFNO/c14-12-9(6-3-7-11(12)15)8-4-1-2-5-10(8)13(16)17/h1-7H,(H2,16,17). The Balaban J connectivity index is 2.69. The summed E-state index contributed by atoms with van der Waals surface area (Å²) in [7, 11) is 0. The molecule has 0 fully saturated rings. The fourth-order valence-electron chi connectivity index (χ4n) is 1.64. The highest BCUT2D eigenvalue weighted by Crippen LogP contribution is 2.32. The van der Waals surface area contributed by atoms with Crippen molar-refractivity contribution in [2.24, 2.45) is 5.73 Å². The van der Waals surface area contributed by atoms with Crippen LogP contribution in [0.2, 0.25) is 0 Å². The van der Waals surface area contributed by atoms with E-state index in [-0.39, 0.29) is 5.82 Å². The number of hydrogen-bond donors (Lipinski definition) is 1. The minimum absolute atomic E-state index is 0.328. The fraction of sp³-hybridized carbons (Fsp3) is 0. The van der Waals surface area contributed by atoms with E-state index in [2.05, 4.69) is 15.9 Å². The molecule has 4 heteroatoms. The summed E-state index contributed by atoms with van der Waals surface area (Å²) in [4.78, 5) is 11.3. The summed E-state index contributed by atoms with van der Waals surface area (Å²) in [6.45, 7) is 0. The highest BCUT2D eigenvalue weighted by Gasteiger charge is 2.13. The monoisotopic (exact) mass is 293 g/mol. The van der Waals surface area contributed by atoms with Crippen molar-refractivity contribution in [2.45, 2.75) is 0 Å². The number of nitrogens with two attached hydrogens (primary N) is 1. The van der Waals surface area contributed by atoms with E-state index in [4.69, 9.17) is 5.73 Å². The van der Waals surface area contributed by atoms with Gasteiger partial charge >= 0.3 is 0 Å². The van der Waals surface area contributed by atoms with Gasteiger partial charge in [-0.05, 0) is 39.2 Å². The van der Waals surface area contributed by atoms with Crippen LogP contribution >= 0.6 is 15.9 Å². The van der Waals surface area contributed by atoms with Gasteiger partial charge in [0.25, 0.3) is 0 Å². The van der Waals surface area contributed by atoms with Gasteiger partial charge in [-0.1, -0.05) is 30.3 Å². The van der Waals surface area contributed by atoms with Gasteiger partial charge in [0.1, 0.15) is 5.82 Å². The quantitative estimate of drug-likeness (QED) is 0.906. The molecule has 0 radical (unpaired) electrons. The molecule has 0 aliphatic carbocycles. The van der Waals surface area contributed by atoms with E-state index in [1.807, 2.05) is 0 Å². The van der Waals surface area contributed by atoms with Crippen LogP contribution in [0.3, 0.4) is 0 Å². The second kappa shape index (κ2) is 4.67. The van der Waals surface area contributed by atoms with Gasteiger partial charge in [0.05, 0.1) is 4.47 Å². The summed E-state index contributed by atoms with van der Waals surface area (Å²) in [6.07, 6.45) is 0. The molecule has 2 nitrogen and oxygen atoms in total. The molecule has 2 aromatic rings. The SMILES string of the molecule is NC(=O)c1ccccc1-c1cccc(F)c1Br. The Morgan fingerprint density at radius 2 is 1.71 bits per heavy atom. The van der Waals surface area contributed by atoms with E-state index in [1.165, 1.54) is 6.07 Å². The lowest BCUT2D eigenvalue weighted by atomic mass is 9.99. The van der Waals surface area contributed by atoms with Crippen molar-refractivity contribution in [3.05, 3.63) is 58.3 Å². The zero-order valence-corrected chi connectivity index (χ0v) is 10.4. The lowest BCUT2D eigenvalue weighted by Crippen LogP contribution is -2.12. The van der Waals surface area contributed by atoms with Gasteiger partial charge in [0, 0.05) is 5.56 Å². The van der Waals surface area contributed by atoms with Crippen LogP contribution in [0.25, 0.3) is 11.1 Å². The predicted molar refractivity (Wildman–Crippen MR) is 68.1 cm³/mol. The second-order valence-electron chi connectivity index (χ2n) is 3.51. The van der Waals surface area contributed by atoms with Crippen LogP contribution in [0, 0.1) is 5.82 Å². The number of amides is 1. The van der Waals surface area contributed by atoms with Gasteiger partial charge in [-0.25, -0.2) is 4.39 Å². The summed E-state index contributed by atoms with van der Waals surface area (Å²) in [5.41, 5.74) is 6.89. The molecule has 2 aromatic carbocycles. The Bertz CT molecular complexity index is 583. The van der Waals surface area contributed by atoms with E-state index >= 15 is 0 Å². The van der Waals surface area contributed by atoms with Crippen LogP contribution in [0.1, 0.15) is 10.4 Å².